The van der Waals surface area contributed by atoms with Crippen molar-refractivity contribution < 1.29 is 13.6 Å². The maximum atomic E-state index is 13.0. The van der Waals surface area contributed by atoms with Gasteiger partial charge in [-0.2, -0.15) is 0 Å². The molecule has 0 fully saturated rings. The summed E-state index contributed by atoms with van der Waals surface area (Å²) in [6.07, 6.45) is 0. The summed E-state index contributed by atoms with van der Waals surface area (Å²) in [7, 11) is 0. The van der Waals surface area contributed by atoms with Gasteiger partial charge in [-0.25, -0.2) is 8.78 Å². The number of hydrogen-bond acceptors (Lipinski definition) is 1. The van der Waals surface area contributed by atoms with Crippen LogP contribution in [0.3, 0.4) is 0 Å². The minimum absolute atomic E-state index is 0.00789. The van der Waals surface area contributed by atoms with E-state index in [0.29, 0.717) is 11.1 Å². The van der Waals surface area contributed by atoms with Crippen LogP contribution in [0, 0.1) is 11.6 Å². The van der Waals surface area contributed by atoms with Crippen molar-refractivity contribution in [1.82, 2.24) is 0 Å². The van der Waals surface area contributed by atoms with Crippen LogP contribution < -0.4 is 5.32 Å². The lowest BCUT2D eigenvalue weighted by Gasteiger charge is -2.07. The van der Waals surface area contributed by atoms with Gasteiger partial charge in [0.2, 0.25) is 0 Å². The van der Waals surface area contributed by atoms with Crippen molar-refractivity contribution >= 4 is 34.8 Å². The number of anilines is 1. The Morgan fingerprint density at radius 1 is 1.00 bits per heavy atom. The van der Waals surface area contributed by atoms with E-state index in [-0.39, 0.29) is 16.3 Å². The van der Waals surface area contributed by atoms with Crippen LogP contribution in [0.1, 0.15) is 10.4 Å². The topological polar surface area (TPSA) is 29.1 Å². The zero-order valence-corrected chi connectivity index (χ0v) is 10.9. The molecule has 0 aliphatic rings. The van der Waals surface area contributed by atoms with Crippen LogP contribution in [0.2, 0.25) is 10.0 Å². The number of hydrogen-bond donors (Lipinski definition) is 1. The second-order valence-electron chi connectivity index (χ2n) is 3.74. The molecule has 0 heterocycles. The lowest BCUT2D eigenvalue weighted by atomic mass is 10.2. The zero-order valence-electron chi connectivity index (χ0n) is 9.38. The second-order valence-corrected chi connectivity index (χ2v) is 4.58. The van der Waals surface area contributed by atoms with Crippen LogP contribution in [0.5, 0.6) is 0 Å². The predicted molar refractivity (Wildman–Crippen MR) is 70.8 cm³/mol. The third kappa shape index (κ3) is 3.43. The average molecular weight is 302 g/mol. The van der Waals surface area contributed by atoms with E-state index >= 15 is 0 Å². The van der Waals surface area contributed by atoms with Gasteiger partial charge >= 0.3 is 0 Å². The molecule has 0 saturated heterocycles. The Labute approximate surface area is 118 Å². The molecule has 2 rings (SSSR count). The molecular weight excluding hydrogens is 295 g/mol. The van der Waals surface area contributed by atoms with Crippen LogP contribution in [0.4, 0.5) is 14.5 Å². The molecule has 2 nitrogen and oxygen atoms in total. The molecule has 0 aliphatic carbocycles. The first-order valence-corrected chi connectivity index (χ1v) is 5.94. The van der Waals surface area contributed by atoms with E-state index in [9.17, 15) is 13.6 Å². The van der Waals surface area contributed by atoms with Crippen molar-refractivity contribution in [3.63, 3.8) is 0 Å². The first-order valence-electron chi connectivity index (χ1n) is 5.18. The van der Waals surface area contributed by atoms with Crippen LogP contribution in [0.15, 0.2) is 36.4 Å². The highest BCUT2D eigenvalue weighted by atomic mass is 35.5. The van der Waals surface area contributed by atoms with E-state index in [1.54, 1.807) is 0 Å². The Balaban J connectivity index is 2.25. The molecule has 0 bridgehead atoms. The minimum atomic E-state index is -0.780. The Bertz CT molecular complexity index is 626. The summed E-state index contributed by atoms with van der Waals surface area (Å²) in [6.45, 7) is 0. The monoisotopic (exact) mass is 301 g/mol. The highest BCUT2D eigenvalue weighted by molar-refractivity contribution is 6.37. The fraction of sp³-hybridized carbons (Fsp3) is 0. The van der Waals surface area contributed by atoms with Crippen molar-refractivity contribution in [3.8, 4) is 0 Å². The normalized spacial score (nSPS) is 10.3. The highest BCUT2D eigenvalue weighted by Gasteiger charge is 2.12. The Hall–Kier alpha value is -1.65. The van der Waals surface area contributed by atoms with Crippen LogP contribution in [0.25, 0.3) is 0 Å². The van der Waals surface area contributed by atoms with Gasteiger partial charge in [0.05, 0.1) is 10.6 Å². The fourth-order valence-electron chi connectivity index (χ4n) is 1.50. The molecule has 0 radical (unpaired) electrons. The maximum absolute atomic E-state index is 13.0. The molecule has 0 spiro atoms. The Morgan fingerprint density at radius 2 is 1.63 bits per heavy atom. The third-order valence-electron chi connectivity index (χ3n) is 2.30. The molecule has 2 aromatic carbocycles. The van der Waals surface area contributed by atoms with Crippen molar-refractivity contribution in [2.75, 3.05) is 5.32 Å². The summed E-state index contributed by atoms with van der Waals surface area (Å²) in [5, 5.41) is 2.90. The van der Waals surface area contributed by atoms with E-state index < -0.39 is 17.5 Å². The molecule has 6 heteroatoms. The SMILES string of the molecule is O=C(Nc1cc(F)cc(F)c1)c1ccc(Cl)cc1Cl. The average Bonchev–Trinajstić information content (AvgIpc) is 2.26. The molecule has 1 amide bonds. The van der Waals surface area contributed by atoms with E-state index in [1.807, 2.05) is 0 Å². The molecule has 0 unspecified atom stereocenters. The minimum Gasteiger partial charge on any atom is -0.322 e. The number of rotatable bonds is 2. The molecule has 0 aromatic heterocycles. The van der Waals surface area contributed by atoms with Crippen LogP contribution in [-0.2, 0) is 0 Å². The van der Waals surface area contributed by atoms with E-state index in [4.69, 9.17) is 23.2 Å². The van der Waals surface area contributed by atoms with Crippen molar-refractivity contribution in [2.24, 2.45) is 0 Å². The fourth-order valence-corrected chi connectivity index (χ4v) is 1.99. The summed E-state index contributed by atoms with van der Waals surface area (Å²) in [5.41, 5.74) is 0.171. The van der Waals surface area contributed by atoms with Gasteiger partial charge in [0.1, 0.15) is 11.6 Å². The van der Waals surface area contributed by atoms with Gasteiger partial charge in [0.25, 0.3) is 5.91 Å². The van der Waals surface area contributed by atoms with Gasteiger partial charge in [0, 0.05) is 16.8 Å². The Kier molecular flexibility index (Phi) is 4.02. The van der Waals surface area contributed by atoms with Gasteiger partial charge in [-0.05, 0) is 30.3 Å². The quantitative estimate of drug-likeness (QED) is 0.868. The van der Waals surface area contributed by atoms with E-state index in [2.05, 4.69) is 5.32 Å². The van der Waals surface area contributed by atoms with Gasteiger partial charge in [-0.3, -0.25) is 4.79 Å². The molecule has 0 atom stereocenters. The second kappa shape index (κ2) is 5.55. The number of nitrogens with one attached hydrogen (secondary N) is 1. The molecule has 1 N–H and O–H groups in total. The number of carbonyl (C=O) groups is 1. The van der Waals surface area contributed by atoms with Gasteiger partial charge < -0.3 is 5.32 Å². The largest absolute Gasteiger partial charge is 0.322 e. The van der Waals surface area contributed by atoms with Gasteiger partial charge in [-0.15, -0.1) is 0 Å². The number of carbonyl (C=O) groups excluding carboxylic acids is 1. The summed E-state index contributed by atoms with van der Waals surface area (Å²) < 4.78 is 26.0. The summed E-state index contributed by atoms with van der Waals surface area (Å²) in [4.78, 5) is 11.9. The first kappa shape index (κ1) is 13.8. The van der Waals surface area contributed by atoms with E-state index in [0.717, 1.165) is 12.1 Å². The van der Waals surface area contributed by atoms with Crippen molar-refractivity contribution in [3.05, 3.63) is 63.6 Å². The summed E-state index contributed by atoms with van der Waals surface area (Å²) in [5.74, 6) is -2.14. The van der Waals surface area contributed by atoms with Crippen molar-refractivity contribution in [2.45, 2.75) is 0 Å². The molecular formula is C13H7Cl2F2NO. The van der Waals surface area contributed by atoms with Crippen LogP contribution in [-0.4, -0.2) is 5.91 Å². The smallest absolute Gasteiger partial charge is 0.257 e. The number of amides is 1. The molecule has 0 saturated carbocycles. The lowest BCUT2D eigenvalue weighted by molar-refractivity contribution is 0.102. The van der Waals surface area contributed by atoms with Gasteiger partial charge in [0.15, 0.2) is 0 Å². The zero-order chi connectivity index (χ0) is 14.0. The molecule has 98 valence electrons. The lowest BCUT2D eigenvalue weighted by Crippen LogP contribution is -2.12. The third-order valence-corrected chi connectivity index (χ3v) is 2.84. The highest BCUT2D eigenvalue weighted by Crippen LogP contribution is 2.22. The first-order chi connectivity index (χ1) is 8.95. The number of benzene rings is 2. The summed E-state index contributed by atoms with van der Waals surface area (Å²) >= 11 is 11.6. The Morgan fingerprint density at radius 3 is 2.21 bits per heavy atom. The molecule has 2 aromatic rings. The number of halogens is 4. The predicted octanol–water partition coefficient (Wildman–Crippen LogP) is 4.52. The maximum Gasteiger partial charge on any atom is 0.257 e. The van der Waals surface area contributed by atoms with Gasteiger partial charge in [-0.1, -0.05) is 23.2 Å². The molecule has 0 aliphatic heterocycles. The van der Waals surface area contributed by atoms with Crippen molar-refractivity contribution in [1.29, 1.82) is 0 Å². The van der Waals surface area contributed by atoms with E-state index in [1.165, 1.54) is 18.2 Å². The standard InChI is InChI=1S/C13H7Cl2F2NO/c14-7-1-2-11(12(15)3-7)13(19)18-10-5-8(16)4-9(17)6-10/h1-6H,(H,18,19). The van der Waals surface area contributed by atoms with Crippen LogP contribution >= 0.6 is 23.2 Å². The molecule has 19 heavy (non-hydrogen) atoms. The summed E-state index contributed by atoms with van der Waals surface area (Å²) in [6, 6.07) is 7.05.